The minimum atomic E-state index is -4.83. The Morgan fingerprint density at radius 2 is 1.76 bits per heavy atom. The summed E-state index contributed by atoms with van der Waals surface area (Å²) in [6.07, 6.45) is -1.38. The van der Waals surface area contributed by atoms with Gasteiger partial charge in [0.25, 0.3) is 5.56 Å². The normalized spacial score (nSPS) is 11.9. The predicted molar refractivity (Wildman–Crippen MR) is 153 cm³/mol. The molecule has 11 heteroatoms. The number of alkyl halides is 3. The number of rotatable bonds is 10. The van der Waals surface area contributed by atoms with Gasteiger partial charge in [0, 0.05) is 12.2 Å². The summed E-state index contributed by atoms with van der Waals surface area (Å²) in [5.41, 5.74) is 1.97. The van der Waals surface area contributed by atoms with E-state index < -0.39 is 12.1 Å². The maximum atomic E-state index is 13.9. The molecule has 2 aromatic heterocycles. The van der Waals surface area contributed by atoms with Crippen LogP contribution >= 0.6 is 11.3 Å². The maximum Gasteiger partial charge on any atom is 0.573 e. The van der Waals surface area contributed by atoms with Gasteiger partial charge >= 0.3 is 6.36 Å². The first-order valence-electron chi connectivity index (χ1n) is 12.6. The highest BCUT2D eigenvalue weighted by molar-refractivity contribution is 7.23. The Bertz CT molecular complexity index is 1760. The zero-order valence-electron chi connectivity index (χ0n) is 22.1. The lowest BCUT2D eigenvalue weighted by Gasteiger charge is -2.13. The number of para-hydroxylation sites is 2. The third-order valence-corrected chi connectivity index (χ3v) is 7.11. The van der Waals surface area contributed by atoms with Gasteiger partial charge < -0.3 is 18.9 Å². The number of hydrogen-bond donors (Lipinski definition) is 0. The average molecular weight is 583 g/mol. The molecule has 0 aliphatic rings. The van der Waals surface area contributed by atoms with Crippen LogP contribution in [-0.2, 0) is 4.74 Å². The molecule has 0 amide bonds. The van der Waals surface area contributed by atoms with Crippen LogP contribution in [0.15, 0.2) is 71.5 Å². The Balaban J connectivity index is 1.63. The van der Waals surface area contributed by atoms with Crippen LogP contribution in [0.1, 0.15) is 18.2 Å². The minimum absolute atomic E-state index is 0.225. The van der Waals surface area contributed by atoms with Crippen molar-refractivity contribution in [1.82, 2.24) is 9.38 Å². The smallest absolute Gasteiger partial charge is 0.493 e. The zero-order valence-corrected chi connectivity index (χ0v) is 22.9. The molecule has 0 fully saturated rings. The summed E-state index contributed by atoms with van der Waals surface area (Å²) in [6, 6.07) is 18.0. The number of methoxy groups -OCH3 is 1. The van der Waals surface area contributed by atoms with Gasteiger partial charge in [-0.15, -0.1) is 13.2 Å². The van der Waals surface area contributed by atoms with Crippen LogP contribution < -0.4 is 19.8 Å². The first-order chi connectivity index (χ1) is 19.8. The van der Waals surface area contributed by atoms with E-state index in [0.717, 1.165) is 4.70 Å². The Labute approximate surface area is 237 Å². The van der Waals surface area contributed by atoms with E-state index in [4.69, 9.17) is 19.2 Å². The Kier molecular flexibility index (Phi) is 8.27. The fourth-order valence-corrected chi connectivity index (χ4v) is 5.36. The van der Waals surface area contributed by atoms with Crippen molar-refractivity contribution in [2.24, 2.45) is 0 Å². The zero-order chi connectivity index (χ0) is 29.0. The minimum Gasteiger partial charge on any atom is -0.493 e. The lowest BCUT2D eigenvalue weighted by molar-refractivity contribution is -0.274. The molecule has 212 valence electrons. The van der Waals surface area contributed by atoms with Crippen molar-refractivity contribution in [3.05, 3.63) is 88.3 Å². The fraction of sp³-hybridized carbons (Fsp3) is 0.200. The topological polar surface area (TPSA) is 71.3 Å². The molecule has 41 heavy (non-hydrogen) atoms. The highest BCUT2D eigenvalue weighted by Gasteiger charge is 2.31. The molecule has 0 N–H and O–H groups in total. The van der Waals surface area contributed by atoms with Gasteiger partial charge in [-0.2, -0.15) is 0 Å². The van der Waals surface area contributed by atoms with Crippen LogP contribution in [-0.4, -0.2) is 42.7 Å². The highest BCUT2D eigenvalue weighted by Crippen LogP contribution is 2.34. The second-order valence-electron chi connectivity index (χ2n) is 8.69. The molecule has 0 saturated heterocycles. The average Bonchev–Trinajstić information content (AvgIpc) is 3.33. The molecule has 0 bridgehead atoms. The first-order valence-corrected chi connectivity index (χ1v) is 13.5. The van der Waals surface area contributed by atoms with Crippen molar-refractivity contribution in [2.75, 3.05) is 26.9 Å². The molecule has 2 heterocycles. The van der Waals surface area contributed by atoms with Gasteiger partial charge in [0.05, 0.1) is 35.2 Å². The molecule has 0 unspecified atom stereocenters. The summed E-state index contributed by atoms with van der Waals surface area (Å²) in [7, 11) is 1.54. The van der Waals surface area contributed by atoms with E-state index in [2.05, 4.69) is 4.74 Å². The molecule has 0 saturated carbocycles. The summed E-state index contributed by atoms with van der Waals surface area (Å²) in [4.78, 5) is 19.2. The molecule has 0 spiro atoms. The van der Waals surface area contributed by atoms with Gasteiger partial charge in [0.2, 0.25) is 0 Å². The molecule has 0 aliphatic heterocycles. The first kappa shape index (κ1) is 28.2. The quantitative estimate of drug-likeness (QED) is 0.164. The summed E-state index contributed by atoms with van der Waals surface area (Å²) in [6.45, 7) is 3.17. The van der Waals surface area contributed by atoms with Gasteiger partial charge in [-0.1, -0.05) is 47.7 Å². The van der Waals surface area contributed by atoms with Crippen LogP contribution in [0.5, 0.6) is 17.2 Å². The van der Waals surface area contributed by atoms with Crippen molar-refractivity contribution in [3.63, 3.8) is 0 Å². The second kappa shape index (κ2) is 12.0. The van der Waals surface area contributed by atoms with E-state index in [1.165, 1.54) is 40.0 Å². The number of aromatic nitrogens is 2. The van der Waals surface area contributed by atoms with Crippen molar-refractivity contribution >= 4 is 38.7 Å². The van der Waals surface area contributed by atoms with Crippen molar-refractivity contribution in [3.8, 4) is 28.4 Å². The summed E-state index contributed by atoms with van der Waals surface area (Å²) >= 11 is 1.36. The number of thiazole rings is 1. The molecule has 7 nitrogen and oxygen atoms in total. The summed E-state index contributed by atoms with van der Waals surface area (Å²) < 4.78 is 61.4. The third-order valence-electron chi connectivity index (χ3n) is 6.09. The summed E-state index contributed by atoms with van der Waals surface area (Å²) in [5.74, 6) is 0.636. The fourth-order valence-electron chi connectivity index (χ4n) is 4.33. The number of halogens is 3. The second-order valence-corrected chi connectivity index (χ2v) is 9.70. The lowest BCUT2D eigenvalue weighted by Crippen LogP contribution is -2.18. The van der Waals surface area contributed by atoms with E-state index in [-0.39, 0.29) is 11.1 Å². The molecule has 5 rings (SSSR count). The van der Waals surface area contributed by atoms with Gasteiger partial charge in [-0.25, -0.2) is 4.98 Å². The van der Waals surface area contributed by atoms with Crippen LogP contribution in [0, 0.1) is 0 Å². The van der Waals surface area contributed by atoms with Crippen LogP contribution in [0.25, 0.3) is 38.5 Å². The van der Waals surface area contributed by atoms with E-state index in [0.29, 0.717) is 58.6 Å². The molecule has 5 aromatic rings. The number of ether oxygens (including phenoxy) is 4. The van der Waals surface area contributed by atoms with Gasteiger partial charge in [-0.05, 0) is 55.0 Å². The predicted octanol–water partition coefficient (Wildman–Crippen LogP) is 7.07. The number of fused-ring (bicyclic) bond motifs is 3. The molecular weight excluding hydrogens is 557 g/mol. The molecular formula is C30H25F3N2O5S. The standard InChI is InChI=1S/C30H25F3N2O5S/c1-3-38-17-18-39-27-20(7-6-9-24(27)37-2)13-16-22-26(19-11-14-21(15-12-19)40-30(31,32)33)28(36)35-23-8-4-5-10-25(23)41-29(35)34-22/h4-16H,3,17-18H2,1-2H3. The molecule has 3 aromatic carbocycles. The lowest BCUT2D eigenvalue weighted by atomic mass is 10.0. The Hall–Kier alpha value is -4.35. The molecule has 0 radical (unpaired) electrons. The summed E-state index contributed by atoms with van der Waals surface area (Å²) in [5, 5.41) is 0. The maximum absolute atomic E-state index is 13.9. The Morgan fingerprint density at radius 1 is 0.976 bits per heavy atom. The highest BCUT2D eigenvalue weighted by atomic mass is 32.1. The monoisotopic (exact) mass is 582 g/mol. The van der Waals surface area contributed by atoms with E-state index >= 15 is 0 Å². The molecule has 0 aliphatic carbocycles. The third kappa shape index (κ3) is 6.21. The van der Waals surface area contributed by atoms with Crippen LogP contribution in [0.3, 0.4) is 0 Å². The number of benzene rings is 3. The number of hydrogen-bond acceptors (Lipinski definition) is 7. The van der Waals surface area contributed by atoms with E-state index in [9.17, 15) is 18.0 Å². The van der Waals surface area contributed by atoms with Gasteiger partial charge in [-0.3, -0.25) is 9.20 Å². The SMILES string of the molecule is CCOCCOc1c(C=Cc2nc3sc4ccccc4n3c(=O)c2-c2ccc(OC(F)(F)F)cc2)cccc1OC. The van der Waals surface area contributed by atoms with Crippen LogP contribution in [0.4, 0.5) is 13.2 Å². The Morgan fingerprint density at radius 3 is 2.49 bits per heavy atom. The van der Waals surface area contributed by atoms with Crippen LogP contribution in [0.2, 0.25) is 0 Å². The number of nitrogens with zero attached hydrogens (tertiary/aromatic N) is 2. The largest absolute Gasteiger partial charge is 0.573 e. The van der Waals surface area contributed by atoms with Crippen molar-refractivity contribution in [2.45, 2.75) is 13.3 Å². The molecule has 0 atom stereocenters. The van der Waals surface area contributed by atoms with Crippen molar-refractivity contribution in [1.29, 1.82) is 0 Å². The van der Waals surface area contributed by atoms with E-state index in [1.807, 2.05) is 43.3 Å². The van der Waals surface area contributed by atoms with E-state index in [1.54, 1.807) is 25.3 Å². The van der Waals surface area contributed by atoms with Crippen molar-refractivity contribution < 1.29 is 32.1 Å². The van der Waals surface area contributed by atoms with Gasteiger partial charge in [0.1, 0.15) is 12.4 Å². The van der Waals surface area contributed by atoms with Gasteiger partial charge in [0.15, 0.2) is 16.5 Å².